The molecule has 0 aliphatic carbocycles. The second-order valence-electron chi connectivity index (χ2n) is 6.00. The first kappa shape index (κ1) is 16.1. The quantitative estimate of drug-likeness (QED) is 0.702. The minimum atomic E-state index is 0.0901. The molecule has 2 aromatic heterocycles. The predicted octanol–water partition coefficient (Wildman–Crippen LogP) is 2.04. The fourth-order valence-electron chi connectivity index (χ4n) is 2.70. The molecule has 7 heteroatoms. The number of nitrogens with zero attached hydrogens (tertiary/aromatic N) is 5. The summed E-state index contributed by atoms with van der Waals surface area (Å²) in [6.07, 6.45) is 1.88. The number of Topliss-reactive ketones (excluding diaryl/α,β-unsaturated/α-hetero) is 1. The summed E-state index contributed by atoms with van der Waals surface area (Å²) in [5.74, 6) is 0.681. The van der Waals surface area contributed by atoms with E-state index in [1.165, 1.54) is 5.56 Å². The number of aromatic amines is 1. The number of aryl methyl sites for hydroxylation is 1. The van der Waals surface area contributed by atoms with Crippen molar-refractivity contribution in [3.8, 4) is 11.4 Å². The number of hydrogen-bond donors (Lipinski definition) is 1. The van der Waals surface area contributed by atoms with Gasteiger partial charge in [-0.05, 0) is 36.9 Å². The number of nitrogens with one attached hydrogen (secondary N) is 1. The van der Waals surface area contributed by atoms with Crippen LogP contribution in [-0.4, -0.2) is 42.9 Å². The Bertz CT molecular complexity index is 837. The molecule has 3 rings (SSSR count). The van der Waals surface area contributed by atoms with Crippen LogP contribution < -0.4 is 0 Å². The van der Waals surface area contributed by atoms with Gasteiger partial charge < -0.3 is 4.57 Å². The summed E-state index contributed by atoms with van der Waals surface area (Å²) in [5.41, 5.74) is 3.96. The van der Waals surface area contributed by atoms with Gasteiger partial charge in [0.05, 0.1) is 0 Å². The van der Waals surface area contributed by atoms with Gasteiger partial charge in [0.15, 0.2) is 5.78 Å². The lowest BCUT2D eigenvalue weighted by Crippen LogP contribution is -2.18. The molecule has 0 bridgehead atoms. The minimum Gasteiger partial charge on any atom is -0.353 e. The third-order valence-corrected chi connectivity index (χ3v) is 3.93. The number of H-pyrrole nitrogens is 1. The zero-order valence-electron chi connectivity index (χ0n) is 14.0. The molecular formula is C17H20N6O. The van der Waals surface area contributed by atoms with E-state index in [-0.39, 0.29) is 5.78 Å². The first-order chi connectivity index (χ1) is 11.5. The lowest BCUT2D eigenvalue weighted by molar-refractivity contribution is 0.101. The highest BCUT2D eigenvalue weighted by molar-refractivity contribution is 5.94. The molecule has 0 saturated heterocycles. The summed E-state index contributed by atoms with van der Waals surface area (Å²) in [6.45, 7) is 3.13. The van der Waals surface area contributed by atoms with Crippen LogP contribution in [0.3, 0.4) is 0 Å². The minimum absolute atomic E-state index is 0.0901. The molecule has 24 heavy (non-hydrogen) atoms. The van der Waals surface area contributed by atoms with Crippen molar-refractivity contribution in [2.24, 2.45) is 7.05 Å². The fourth-order valence-corrected chi connectivity index (χ4v) is 2.70. The van der Waals surface area contributed by atoms with Crippen LogP contribution in [0.1, 0.15) is 28.5 Å². The third-order valence-electron chi connectivity index (χ3n) is 3.93. The fraction of sp³-hybridized carbons (Fsp3) is 0.294. The second-order valence-corrected chi connectivity index (χ2v) is 6.00. The van der Waals surface area contributed by atoms with Crippen molar-refractivity contribution >= 4 is 5.78 Å². The van der Waals surface area contributed by atoms with E-state index in [4.69, 9.17) is 0 Å². The maximum absolute atomic E-state index is 11.5. The van der Waals surface area contributed by atoms with Gasteiger partial charge in [-0.2, -0.15) is 5.21 Å². The van der Waals surface area contributed by atoms with Crippen molar-refractivity contribution < 1.29 is 4.79 Å². The van der Waals surface area contributed by atoms with Crippen LogP contribution in [0.2, 0.25) is 0 Å². The highest BCUT2D eigenvalue weighted by atomic mass is 16.1. The Kier molecular flexibility index (Phi) is 4.52. The van der Waals surface area contributed by atoms with E-state index in [1.54, 1.807) is 6.92 Å². The van der Waals surface area contributed by atoms with Gasteiger partial charge >= 0.3 is 0 Å². The summed E-state index contributed by atoms with van der Waals surface area (Å²) in [5, 5.41) is 14.1. The van der Waals surface area contributed by atoms with Gasteiger partial charge in [0.1, 0.15) is 0 Å². The largest absolute Gasteiger partial charge is 0.353 e. The number of ketones is 1. The van der Waals surface area contributed by atoms with Crippen molar-refractivity contribution in [2.75, 3.05) is 7.05 Å². The Morgan fingerprint density at radius 3 is 2.79 bits per heavy atom. The number of rotatable bonds is 6. The summed E-state index contributed by atoms with van der Waals surface area (Å²) in [4.78, 5) is 13.7. The Morgan fingerprint density at radius 1 is 1.29 bits per heavy atom. The molecule has 2 heterocycles. The van der Waals surface area contributed by atoms with E-state index in [0.717, 1.165) is 29.9 Å². The molecule has 0 unspecified atom stereocenters. The van der Waals surface area contributed by atoms with E-state index in [0.29, 0.717) is 5.82 Å². The molecule has 0 fully saturated rings. The molecule has 1 N–H and O–H groups in total. The SMILES string of the molecule is CC(=O)c1cc(CN(C)Cc2cccc(-c3nn[nH]n3)c2)n(C)c1. The average molecular weight is 324 g/mol. The third kappa shape index (κ3) is 3.57. The maximum Gasteiger partial charge on any atom is 0.204 e. The topological polar surface area (TPSA) is 79.7 Å². The standard InChI is InChI=1S/C17H20N6O/c1-12(24)15-8-16(23(3)10-15)11-22(2)9-13-5-4-6-14(7-13)17-18-20-21-19-17/h4-8,10H,9,11H2,1-3H3,(H,18,19,20,21). The van der Waals surface area contributed by atoms with Crippen LogP contribution in [0.25, 0.3) is 11.4 Å². The zero-order chi connectivity index (χ0) is 17.1. The van der Waals surface area contributed by atoms with Crippen molar-refractivity contribution in [2.45, 2.75) is 20.0 Å². The van der Waals surface area contributed by atoms with E-state index in [9.17, 15) is 4.79 Å². The Hall–Kier alpha value is -2.80. The van der Waals surface area contributed by atoms with E-state index in [1.807, 2.05) is 36.0 Å². The van der Waals surface area contributed by atoms with Crippen LogP contribution in [0, 0.1) is 0 Å². The van der Waals surface area contributed by atoms with E-state index >= 15 is 0 Å². The molecule has 0 saturated carbocycles. The smallest absolute Gasteiger partial charge is 0.204 e. The van der Waals surface area contributed by atoms with Gasteiger partial charge in [-0.3, -0.25) is 9.69 Å². The number of benzene rings is 1. The van der Waals surface area contributed by atoms with Crippen molar-refractivity contribution in [3.05, 3.63) is 53.3 Å². The van der Waals surface area contributed by atoms with Crippen molar-refractivity contribution in [3.63, 3.8) is 0 Å². The first-order valence-corrected chi connectivity index (χ1v) is 7.70. The highest BCUT2D eigenvalue weighted by Crippen LogP contribution is 2.17. The Balaban J connectivity index is 1.70. The molecule has 0 radical (unpaired) electrons. The second kappa shape index (κ2) is 6.76. The molecule has 124 valence electrons. The van der Waals surface area contributed by atoms with Gasteiger partial charge in [0, 0.05) is 43.2 Å². The highest BCUT2D eigenvalue weighted by Gasteiger charge is 2.10. The molecule has 0 aliphatic rings. The Labute approximate surface area is 140 Å². The van der Waals surface area contributed by atoms with E-state index in [2.05, 4.69) is 44.7 Å². The molecule has 1 aromatic carbocycles. The predicted molar refractivity (Wildman–Crippen MR) is 90.2 cm³/mol. The molecule has 7 nitrogen and oxygen atoms in total. The lowest BCUT2D eigenvalue weighted by Gasteiger charge is -2.17. The summed E-state index contributed by atoms with van der Waals surface area (Å²) >= 11 is 0. The van der Waals surface area contributed by atoms with Crippen molar-refractivity contribution in [1.29, 1.82) is 0 Å². The summed E-state index contributed by atoms with van der Waals surface area (Å²) in [7, 11) is 4.02. The van der Waals surface area contributed by atoms with Crippen LogP contribution >= 0.6 is 0 Å². The summed E-state index contributed by atoms with van der Waals surface area (Å²) < 4.78 is 2.00. The van der Waals surface area contributed by atoms with Crippen LogP contribution in [0.5, 0.6) is 0 Å². The average Bonchev–Trinajstić information content (AvgIpc) is 3.18. The van der Waals surface area contributed by atoms with Crippen LogP contribution in [0.15, 0.2) is 36.5 Å². The van der Waals surface area contributed by atoms with Crippen molar-refractivity contribution in [1.82, 2.24) is 30.1 Å². The molecule has 0 aliphatic heterocycles. The number of hydrogen-bond acceptors (Lipinski definition) is 5. The molecule has 0 spiro atoms. The molecule has 0 atom stereocenters. The van der Waals surface area contributed by atoms with Gasteiger partial charge in [-0.25, -0.2) is 0 Å². The zero-order valence-corrected chi connectivity index (χ0v) is 14.0. The normalized spacial score (nSPS) is 11.2. The van der Waals surface area contributed by atoms with Crippen LogP contribution in [0.4, 0.5) is 0 Å². The molecule has 0 amide bonds. The number of carbonyl (C=O) groups excluding carboxylic acids is 1. The van der Waals surface area contributed by atoms with E-state index < -0.39 is 0 Å². The molecule has 3 aromatic rings. The van der Waals surface area contributed by atoms with Crippen LogP contribution in [-0.2, 0) is 20.1 Å². The Morgan fingerprint density at radius 2 is 2.12 bits per heavy atom. The number of tetrazole rings is 1. The monoisotopic (exact) mass is 324 g/mol. The number of carbonyl (C=O) groups is 1. The summed E-state index contributed by atoms with van der Waals surface area (Å²) in [6, 6.07) is 10.0. The van der Waals surface area contributed by atoms with Gasteiger partial charge in [-0.1, -0.05) is 18.2 Å². The van der Waals surface area contributed by atoms with Gasteiger partial charge in [0.2, 0.25) is 5.82 Å². The molecular weight excluding hydrogens is 304 g/mol. The maximum atomic E-state index is 11.5. The van der Waals surface area contributed by atoms with Gasteiger partial charge in [-0.15, -0.1) is 10.2 Å². The number of aromatic nitrogens is 5. The lowest BCUT2D eigenvalue weighted by atomic mass is 10.1. The first-order valence-electron chi connectivity index (χ1n) is 7.70. The van der Waals surface area contributed by atoms with Gasteiger partial charge in [0.25, 0.3) is 0 Å².